The molecular formula is C23H31N5S. The number of thiocarbonyl (C=S) groups is 1. The van der Waals surface area contributed by atoms with Gasteiger partial charge in [0.2, 0.25) is 0 Å². The highest BCUT2D eigenvalue weighted by molar-refractivity contribution is 7.80. The van der Waals surface area contributed by atoms with Gasteiger partial charge in [0.25, 0.3) is 0 Å². The van der Waals surface area contributed by atoms with Crippen LogP contribution in [0.25, 0.3) is 0 Å². The number of benzene rings is 2. The van der Waals surface area contributed by atoms with Crippen LogP contribution in [0.4, 0.5) is 17.1 Å². The number of para-hydroxylation sites is 1. The highest BCUT2D eigenvalue weighted by Crippen LogP contribution is 2.18. The van der Waals surface area contributed by atoms with Gasteiger partial charge >= 0.3 is 0 Å². The fourth-order valence-electron chi connectivity index (χ4n) is 3.38. The Kier molecular flexibility index (Phi) is 7.36. The zero-order valence-corrected chi connectivity index (χ0v) is 18.3. The smallest absolute Gasteiger partial charge is 0.171 e. The highest BCUT2D eigenvalue weighted by atomic mass is 32.1. The minimum Gasteiger partial charge on any atom is -0.387 e. The van der Waals surface area contributed by atoms with Crippen molar-refractivity contribution in [2.75, 3.05) is 55.9 Å². The number of nitrogens with zero attached hydrogens (tertiary/aromatic N) is 2. The third kappa shape index (κ3) is 6.39. The third-order valence-corrected chi connectivity index (χ3v) is 5.37. The first-order valence-corrected chi connectivity index (χ1v) is 10.4. The molecule has 2 aromatic carbocycles. The standard InChI is InChI=1S/C23H31N5S/c1-27(2)21-13-11-19(12-14-21)26-23(29)25-16-20-10-9-18(15-24-20)17-28(3)22-7-5-4-6-8-22/h4-8,10-14,18,24H,9,15-17H2,1-3H3,(H2,25,26,29). The number of hydrogen-bond donors (Lipinski definition) is 3. The van der Waals surface area contributed by atoms with Crippen LogP contribution in [0.3, 0.4) is 0 Å². The maximum Gasteiger partial charge on any atom is 0.171 e. The molecule has 0 bridgehead atoms. The van der Waals surface area contributed by atoms with Crippen molar-refractivity contribution in [3.05, 3.63) is 66.4 Å². The van der Waals surface area contributed by atoms with Crippen molar-refractivity contribution in [1.82, 2.24) is 10.6 Å². The van der Waals surface area contributed by atoms with Crippen molar-refractivity contribution >= 4 is 34.4 Å². The van der Waals surface area contributed by atoms with Crippen molar-refractivity contribution in [3.63, 3.8) is 0 Å². The zero-order chi connectivity index (χ0) is 20.6. The Hall–Kier alpha value is -2.73. The first kappa shape index (κ1) is 21.0. The Morgan fingerprint density at radius 2 is 1.76 bits per heavy atom. The van der Waals surface area contributed by atoms with Crippen LogP contribution in [0.2, 0.25) is 0 Å². The topological polar surface area (TPSA) is 42.6 Å². The lowest BCUT2D eigenvalue weighted by Crippen LogP contribution is -2.39. The molecule has 1 atom stereocenters. The number of allylic oxidation sites excluding steroid dienone is 1. The van der Waals surface area contributed by atoms with Gasteiger partial charge in [-0.1, -0.05) is 24.3 Å². The molecule has 2 aromatic rings. The molecule has 0 aliphatic carbocycles. The van der Waals surface area contributed by atoms with Gasteiger partial charge in [0.1, 0.15) is 0 Å². The maximum absolute atomic E-state index is 5.43. The summed E-state index contributed by atoms with van der Waals surface area (Å²) in [6, 6.07) is 18.8. The average Bonchev–Trinajstić information content (AvgIpc) is 2.74. The normalized spacial score (nSPS) is 15.7. The first-order chi connectivity index (χ1) is 14.0. The second-order valence-corrected chi connectivity index (χ2v) is 8.09. The van der Waals surface area contributed by atoms with Crippen LogP contribution < -0.4 is 25.8 Å². The molecule has 3 N–H and O–H groups in total. The van der Waals surface area contributed by atoms with E-state index < -0.39 is 0 Å². The summed E-state index contributed by atoms with van der Waals surface area (Å²) in [5.74, 6) is 0.601. The quantitative estimate of drug-likeness (QED) is 0.607. The molecule has 6 heteroatoms. The van der Waals surface area contributed by atoms with Crippen LogP contribution in [0.1, 0.15) is 6.42 Å². The molecule has 0 saturated carbocycles. The Bertz CT molecular complexity index is 817. The molecule has 3 rings (SSSR count). The average molecular weight is 410 g/mol. The van der Waals surface area contributed by atoms with Crippen LogP contribution in [-0.4, -0.2) is 45.9 Å². The van der Waals surface area contributed by atoms with Crippen LogP contribution in [0.15, 0.2) is 66.4 Å². The predicted molar refractivity (Wildman–Crippen MR) is 129 cm³/mol. The van der Waals surface area contributed by atoms with E-state index in [-0.39, 0.29) is 0 Å². The van der Waals surface area contributed by atoms with E-state index in [2.05, 4.69) is 81.3 Å². The minimum atomic E-state index is 0.601. The molecule has 1 aliphatic rings. The first-order valence-electron chi connectivity index (χ1n) is 10.0. The van der Waals surface area contributed by atoms with Crippen LogP contribution in [-0.2, 0) is 0 Å². The van der Waals surface area contributed by atoms with E-state index in [1.807, 2.05) is 26.2 Å². The molecule has 0 amide bonds. The third-order valence-electron chi connectivity index (χ3n) is 5.13. The van der Waals surface area contributed by atoms with Gasteiger partial charge in [0.15, 0.2) is 5.11 Å². The second-order valence-electron chi connectivity index (χ2n) is 7.68. The van der Waals surface area contributed by atoms with Gasteiger partial charge in [0.05, 0.1) is 6.54 Å². The molecule has 29 heavy (non-hydrogen) atoms. The van der Waals surface area contributed by atoms with E-state index in [9.17, 15) is 0 Å². The van der Waals surface area contributed by atoms with Crippen molar-refractivity contribution in [2.24, 2.45) is 5.92 Å². The molecule has 154 valence electrons. The number of hydrogen-bond acceptors (Lipinski definition) is 4. The summed E-state index contributed by atoms with van der Waals surface area (Å²) in [4.78, 5) is 4.40. The van der Waals surface area contributed by atoms with Crippen molar-refractivity contribution in [3.8, 4) is 0 Å². The van der Waals surface area contributed by atoms with E-state index in [1.165, 1.54) is 17.1 Å². The van der Waals surface area contributed by atoms with Crippen LogP contribution in [0.5, 0.6) is 0 Å². The van der Waals surface area contributed by atoms with Crippen LogP contribution in [0, 0.1) is 5.92 Å². The van der Waals surface area contributed by atoms with Crippen LogP contribution >= 0.6 is 12.2 Å². The lowest BCUT2D eigenvalue weighted by atomic mass is 10.0. The lowest BCUT2D eigenvalue weighted by molar-refractivity contribution is 0.477. The molecule has 0 fully saturated rings. The zero-order valence-electron chi connectivity index (χ0n) is 17.5. The molecule has 0 aromatic heterocycles. The maximum atomic E-state index is 5.43. The summed E-state index contributed by atoms with van der Waals surface area (Å²) in [5, 5.41) is 10.7. The number of rotatable bonds is 7. The van der Waals surface area contributed by atoms with Gasteiger partial charge in [0, 0.05) is 57.0 Å². The second kappa shape index (κ2) is 10.2. The van der Waals surface area contributed by atoms with E-state index in [4.69, 9.17) is 12.2 Å². The molecule has 1 aliphatic heterocycles. The molecule has 1 unspecified atom stereocenters. The summed E-state index contributed by atoms with van der Waals surface area (Å²) < 4.78 is 0. The Labute approximate surface area is 179 Å². The molecule has 5 nitrogen and oxygen atoms in total. The SMILES string of the molecule is CN(C)c1ccc(NC(=S)NCC2=CCC(CN(C)c3ccccc3)CN2)cc1. The monoisotopic (exact) mass is 409 g/mol. The Morgan fingerprint density at radius 1 is 1.03 bits per heavy atom. The van der Waals surface area contributed by atoms with Gasteiger partial charge in [-0.05, 0) is 61.0 Å². The van der Waals surface area contributed by atoms with Gasteiger partial charge in [-0.15, -0.1) is 0 Å². The van der Waals surface area contributed by atoms with E-state index in [1.54, 1.807) is 0 Å². The van der Waals surface area contributed by atoms with Crippen molar-refractivity contribution < 1.29 is 0 Å². The van der Waals surface area contributed by atoms with Gasteiger partial charge in [-0.2, -0.15) is 0 Å². The molecule has 0 radical (unpaired) electrons. The Morgan fingerprint density at radius 3 is 2.38 bits per heavy atom. The fraction of sp³-hybridized carbons (Fsp3) is 0.348. The summed E-state index contributed by atoms with van der Waals surface area (Å²) in [7, 11) is 6.22. The van der Waals surface area contributed by atoms with E-state index >= 15 is 0 Å². The molecule has 0 saturated heterocycles. The summed E-state index contributed by atoms with van der Waals surface area (Å²) in [6.07, 6.45) is 3.36. The molecular weight excluding hydrogens is 378 g/mol. The van der Waals surface area contributed by atoms with Gasteiger partial charge in [-0.25, -0.2) is 0 Å². The lowest BCUT2D eigenvalue weighted by Gasteiger charge is -2.29. The largest absolute Gasteiger partial charge is 0.387 e. The molecule has 0 spiro atoms. The van der Waals surface area contributed by atoms with Crippen molar-refractivity contribution in [1.29, 1.82) is 0 Å². The highest BCUT2D eigenvalue weighted by Gasteiger charge is 2.16. The van der Waals surface area contributed by atoms with Gasteiger partial charge in [-0.3, -0.25) is 0 Å². The number of anilines is 3. The van der Waals surface area contributed by atoms with E-state index in [0.29, 0.717) is 17.6 Å². The van der Waals surface area contributed by atoms with Gasteiger partial charge < -0.3 is 25.8 Å². The minimum absolute atomic E-state index is 0.601. The van der Waals surface area contributed by atoms with E-state index in [0.717, 1.165) is 25.2 Å². The summed E-state index contributed by atoms with van der Waals surface area (Å²) >= 11 is 5.43. The summed E-state index contributed by atoms with van der Waals surface area (Å²) in [6.45, 7) is 2.73. The summed E-state index contributed by atoms with van der Waals surface area (Å²) in [5.41, 5.74) is 4.62. The number of nitrogens with one attached hydrogen (secondary N) is 3. The van der Waals surface area contributed by atoms with Crippen molar-refractivity contribution in [2.45, 2.75) is 6.42 Å². The predicted octanol–water partition coefficient (Wildman–Crippen LogP) is 3.67. The Balaban J connectivity index is 1.40. The molecule has 1 heterocycles. The fourth-order valence-corrected chi connectivity index (χ4v) is 3.57.